The van der Waals surface area contributed by atoms with E-state index in [1.807, 2.05) is 42.5 Å². The number of rotatable bonds is 4. The molecule has 2 saturated heterocycles. The number of carboxylic acids is 1. The number of likely N-dealkylation sites (tertiary alicyclic amines) is 1. The van der Waals surface area contributed by atoms with Crippen molar-refractivity contribution in [3.8, 4) is 11.1 Å². The highest BCUT2D eigenvalue weighted by Gasteiger charge is 2.62. The lowest BCUT2D eigenvalue weighted by molar-refractivity contribution is -0.146. The number of ether oxygens (including phenoxy) is 1. The summed E-state index contributed by atoms with van der Waals surface area (Å²) >= 11 is 0. The number of hydrogen-bond donors (Lipinski definition) is 3. The van der Waals surface area contributed by atoms with Crippen LogP contribution in [0.15, 0.2) is 60.9 Å². The van der Waals surface area contributed by atoms with Crippen LogP contribution in [0.3, 0.4) is 0 Å². The first-order valence-corrected chi connectivity index (χ1v) is 17.2. The van der Waals surface area contributed by atoms with E-state index < -0.39 is 53.0 Å². The molecule has 12 nitrogen and oxygen atoms in total. The number of pyridine rings is 1. The molecule has 1 saturated carbocycles. The molecule has 4 aliphatic rings. The van der Waals surface area contributed by atoms with Crippen LogP contribution in [-0.2, 0) is 19.1 Å². The Balaban J connectivity index is 1.27. The van der Waals surface area contributed by atoms with Gasteiger partial charge in [-0.15, -0.1) is 0 Å². The van der Waals surface area contributed by atoms with Gasteiger partial charge in [0.15, 0.2) is 0 Å². The quantitative estimate of drug-likeness (QED) is 0.412. The van der Waals surface area contributed by atoms with Gasteiger partial charge in [-0.25, -0.2) is 9.59 Å². The van der Waals surface area contributed by atoms with E-state index in [9.17, 15) is 29.1 Å². The van der Waals surface area contributed by atoms with Crippen molar-refractivity contribution >= 4 is 29.8 Å². The fourth-order valence-electron chi connectivity index (χ4n) is 7.53. The predicted molar refractivity (Wildman–Crippen MR) is 180 cm³/mol. The van der Waals surface area contributed by atoms with Crippen LogP contribution in [0.4, 0.5) is 4.79 Å². The summed E-state index contributed by atoms with van der Waals surface area (Å²) in [6.45, 7) is 5.96. The van der Waals surface area contributed by atoms with Gasteiger partial charge in [0.1, 0.15) is 23.2 Å². The molecule has 1 aromatic heterocycles. The van der Waals surface area contributed by atoms with Crippen LogP contribution < -0.4 is 10.6 Å². The van der Waals surface area contributed by atoms with Crippen molar-refractivity contribution in [2.75, 3.05) is 19.6 Å². The smallest absolute Gasteiger partial charge is 0.408 e. The van der Waals surface area contributed by atoms with Gasteiger partial charge in [0.05, 0.1) is 0 Å². The zero-order chi connectivity index (χ0) is 34.9. The molecule has 49 heavy (non-hydrogen) atoms. The lowest BCUT2D eigenvalue weighted by atomic mass is 9.93. The minimum absolute atomic E-state index is 0.186. The molecule has 1 aliphatic carbocycles. The molecule has 3 N–H and O–H groups in total. The van der Waals surface area contributed by atoms with E-state index in [1.54, 1.807) is 44.1 Å². The second-order valence-corrected chi connectivity index (χ2v) is 14.7. The Morgan fingerprint density at radius 2 is 1.84 bits per heavy atom. The van der Waals surface area contributed by atoms with Gasteiger partial charge in [-0.2, -0.15) is 0 Å². The number of aromatic nitrogens is 1. The maximum absolute atomic E-state index is 14.3. The lowest BCUT2D eigenvalue weighted by Gasteiger charge is -2.33. The molecule has 4 amide bonds. The van der Waals surface area contributed by atoms with Crippen LogP contribution in [0, 0.1) is 17.8 Å². The first kappa shape index (κ1) is 34.1. The minimum Gasteiger partial charge on any atom is -0.479 e. The number of nitrogens with zero attached hydrogens (tertiary/aromatic N) is 3. The SMILES string of the molecule is CC(C)(C)OC(=O)N[C@@H]1CCCCC/C=C\[C@H]2C[C@@]2(C(=O)O)NC(=O)[C@@H]2[C@H]3CN(C(=O)c4cccc(-c5cccnc5)c4)C[C@H]3CN2C1=O. The summed E-state index contributed by atoms with van der Waals surface area (Å²) in [6, 6.07) is 9.12. The highest BCUT2D eigenvalue weighted by atomic mass is 16.6. The minimum atomic E-state index is -1.45. The van der Waals surface area contributed by atoms with Crippen molar-refractivity contribution in [2.45, 2.75) is 82.5 Å². The Hall–Kier alpha value is -4.74. The number of carbonyl (C=O) groups excluding carboxylic acids is 4. The molecule has 6 rings (SSSR count). The number of fused-ring (bicyclic) bond motifs is 4. The Bertz CT molecular complexity index is 1640. The number of allylic oxidation sites excluding steroid dienone is 1. The molecular weight excluding hydrogens is 626 g/mol. The lowest BCUT2D eigenvalue weighted by Crippen LogP contribution is -2.58. The largest absolute Gasteiger partial charge is 0.479 e. The molecule has 12 heteroatoms. The first-order chi connectivity index (χ1) is 23.4. The molecule has 1 aromatic carbocycles. The van der Waals surface area contributed by atoms with Gasteiger partial charge in [-0.3, -0.25) is 19.4 Å². The molecule has 0 unspecified atom stereocenters. The van der Waals surface area contributed by atoms with Crippen molar-refractivity contribution in [3.63, 3.8) is 0 Å². The Labute approximate surface area is 286 Å². The number of nitrogens with one attached hydrogen (secondary N) is 2. The molecule has 6 atom stereocenters. The number of alkyl carbamates (subject to hydrolysis) is 1. The summed E-state index contributed by atoms with van der Waals surface area (Å²) in [5.41, 5.74) is 0.0139. The first-order valence-electron chi connectivity index (χ1n) is 17.2. The van der Waals surface area contributed by atoms with E-state index in [1.165, 1.54) is 4.90 Å². The molecule has 0 radical (unpaired) electrons. The maximum Gasteiger partial charge on any atom is 0.408 e. The normalized spacial score (nSPS) is 29.3. The summed E-state index contributed by atoms with van der Waals surface area (Å²) in [6.07, 6.45) is 10.2. The van der Waals surface area contributed by atoms with Crippen LogP contribution in [0.2, 0.25) is 0 Å². The van der Waals surface area contributed by atoms with E-state index in [2.05, 4.69) is 15.6 Å². The van der Waals surface area contributed by atoms with Crippen molar-refractivity contribution in [3.05, 3.63) is 66.5 Å². The summed E-state index contributed by atoms with van der Waals surface area (Å²) in [5, 5.41) is 15.8. The topological polar surface area (TPSA) is 158 Å². The zero-order valence-electron chi connectivity index (χ0n) is 28.3. The number of hydrogen-bond acceptors (Lipinski definition) is 7. The molecule has 2 aromatic rings. The molecule has 3 fully saturated rings. The molecular formula is C37H45N5O7. The summed E-state index contributed by atoms with van der Waals surface area (Å²) in [5.74, 6) is -3.27. The number of carboxylic acid groups (broad SMARTS) is 1. The van der Waals surface area contributed by atoms with Crippen LogP contribution in [0.5, 0.6) is 0 Å². The van der Waals surface area contributed by atoms with Gasteiger partial charge in [-0.05, 0) is 70.2 Å². The highest BCUT2D eigenvalue weighted by molar-refractivity contribution is 5.98. The van der Waals surface area contributed by atoms with Crippen molar-refractivity contribution in [2.24, 2.45) is 17.8 Å². The van der Waals surface area contributed by atoms with Crippen molar-refractivity contribution in [1.29, 1.82) is 0 Å². The molecule has 4 heterocycles. The highest BCUT2D eigenvalue weighted by Crippen LogP contribution is 2.46. The van der Waals surface area contributed by atoms with Gasteiger partial charge in [0.25, 0.3) is 5.91 Å². The van der Waals surface area contributed by atoms with E-state index in [0.717, 1.165) is 30.4 Å². The third-order valence-electron chi connectivity index (χ3n) is 10.1. The summed E-state index contributed by atoms with van der Waals surface area (Å²) in [7, 11) is 0. The van der Waals surface area contributed by atoms with Crippen molar-refractivity contribution in [1.82, 2.24) is 25.4 Å². The Morgan fingerprint density at radius 1 is 1.04 bits per heavy atom. The van der Waals surface area contributed by atoms with Gasteiger partial charge < -0.3 is 30.3 Å². The fourth-order valence-corrected chi connectivity index (χ4v) is 7.53. The fraction of sp³-hybridized carbons (Fsp3) is 0.514. The molecule has 260 valence electrons. The average molecular weight is 672 g/mol. The monoisotopic (exact) mass is 671 g/mol. The predicted octanol–water partition coefficient (Wildman–Crippen LogP) is 4.02. The average Bonchev–Trinajstić information content (AvgIpc) is 3.41. The van der Waals surface area contributed by atoms with Crippen LogP contribution in [0.25, 0.3) is 11.1 Å². The standard InChI is InChI=1S/C37H45N5O7/c1-36(2,3)49-35(48)39-29-15-8-6-4-5-7-14-27-18-37(27,34(46)47)40-31(43)30-28-22-41(20-26(28)21-42(30)33(29)45)32(44)24-12-9-11-23(17-24)25-13-10-16-38-19-25/h7,9-14,16-17,19,26-30H,4-6,8,15,18,20-22H2,1-3H3,(H,39,48)(H,40,43)(H,46,47)/b14-7-/t26-,27-,28-,29+,30-,37+/m0/s1. The van der Waals surface area contributed by atoms with Crippen LogP contribution >= 0.6 is 0 Å². The Kier molecular flexibility index (Phi) is 9.50. The van der Waals surface area contributed by atoms with E-state index in [0.29, 0.717) is 24.9 Å². The zero-order valence-corrected chi connectivity index (χ0v) is 28.3. The van der Waals surface area contributed by atoms with Gasteiger partial charge >= 0.3 is 12.1 Å². The molecule has 0 bridgehead atoms. The molecule has 0 spiro atoms. The third kappa shape index (κ3) is 7.33. The number of amides is 4. The summed E-state index contributed by atoms with van der Waals surface area (Å²) < 4.78 is 5.48. The van der Waals surface area contributed by atoms with Crippen LogP contribution in [0.1, 0.15) is 69.7 Å². The van der Waals surface area contributed by atoms with E-state index in [-0.39, 0.29) is 37.3 Å². The second-order valence-electron chi connectivity index (χ2n) is 14.7. The molecule has 3 aliphatic heterocycles. The van der Waals surface area contributed by atoms with Crippen LogP contribution in [-0.4, -0.2) is 92.5 Å². The number of benzene rings is 1. The van der Waals surface area contributed by atoms with Gasteiger partial charge in [0.2, 0.25) is 11.8 Å². The van der Waals surface area contributed by atoms with Gasteiger partial charge in [-0.1, -0.05) is 43.2 Å². The summed E-state index contributed by atoms with van der Waals surface area (Å²) in [4.78, 5) is 75.2. The Morgan fingerprint density at radius 3 is 2.57 bits per heavy atom. The number of carbonyl (C=O) groups is 5. The van der Waals surface area contributed by atoms with E-state index >= 15 is 0 Å². The van der Waals surface area contributed by atoms with E-state index in [4.69, 9.17) is 4.74 Å². The third-order valence-corrected chi connectivity index (χ3v) is 10.1. The van der Waals surface area contributed by atoms with Crippen molar-refractivity contribution < 1.29 is 33.8 Å². The number of aliphatic carboxylic acids is 1. The maximum atomic E-state index is 14.3. The van der Waals surface area contributed by atoms with Gasteiger partial charge in [0, 0.05) is 60.9 Å². The second kappa shape index (κ2) is 13.6.